The Labute approximate surface area is 173 Å². The molecule has 2 aromatic rings. The summed E-state index contributed by atoms with van der Waals surface area (Å²) in [4.78, 5) is 38.1. The molecule has 1 heterocycles. The number of rotatable bonds is 7. The molecule has 0 atom stereocenters. The Hall–Kier alpha value is -2.93. The van der Waals surface area contributed by atoms with Crippen LogP contribution in [0.4, 0.5) is 9.18 Å². The average molecular weight is 412 g/mol. The molecular weight excluding hydrogens is 391 g/mol. The Bertz CT molecular complexity index is 957. The molecule has 0 aliphatic carbocycles. The molecule has 0 radical (unpaired) electrons. The Kier molecular flexibility index (Phi) is 6.82. The number of amides is 3. The van der Waals surface area contributed by atoms with Gasteiger partial charge in [-0.15, -0.1) is 0 Å². The maximum absolute atomic E-state index is 13.2. The number of carbonyl (C=O) groups excluding carboxylic acids is 3. The van der Waals surface area contributed by atoms with E-state index in [1.54, 1.807) is 18.2 Å². The summed E-state index contributed by atoms with van der Waals surface area (Å²) in [6, 6.07) is 13.8. The summed E-state index contributed by atoms with van der Waals surface area (Å²) in [7, 11) is 0. The molecule has 0 bridgehead atoms. The Morgan fingerprint density at radius 2 is 1.93 bits per heavy atom. The number of imide groups is 1. The van der Waals surface area contributed by atoms with Crippen molar-refractivity contribution in [1.82, 2.24) is 10.2 Å². The topological polar surface area (TPSA) is 66.5 Å². The van der Waals surface area contributed by atoms with Gasteiger partial charge < -0.3 is 5.32 Å². The first kappa shape index (κ1) is 20.8. The van der Waals surface area contributed by atoms with Crippen LogP contribution in [0.5, 0.6) is 0 Å². The van der Waals surface area contributed by atoms with Gasteiger partial charge in [-0.3, -0.25) is 19.3 Å². The van der Waals surface area contributed by atoms with E-state index >= 15 is 0 Å². The van der Waals surface area contributed by atoms with E-state index < -0.39 is 0 Å². The highest BCUT2D eigenvalue weighted by atomic mass is 32.2. The second-order valence-electron chi connectivity index (χ2n) is 6.72. The van der Waals surface area contributed by atoms with E-state index in [0.717, 1.165) is 33.4 Å². The van der Waals surface area contributed by atoms with Crippen LogP contribution in [0.15, 0.2) is 53.4 Å². The standard InChI is InChI=1S/C22H21FN2O3S/c1-15-5-7-17(8-6-15)14-19-21(27)25(22(28)29-19)12-11-24-20(26)10-9-16-3-2-4-18(23)13-16/h2-8,13-14H,9-12H2,1H3,(H,24,26)/b19-14-. The molecule has 0 aromatic heterocycles. The van der Waals surface area contributed by atoms with Crippen molar-refractivity contribution in [3.8, 4) is 0 Å². The quantitative estimate of drug-likeness (QED) is 0.700. The zero-order valence-electron chi connectivity index (χ0n) is 16.0. The number of carbonyl (C=O) groups is 3. The summed E-state index contributed by atoms with van der Waals surface area (Å²) in [5, 5.41) is 2.35. The van der Waals surface area contributed by atoms with Crippen LogP contribution in [0.25, 0.3) is 6.08 Å². The van der Waals surface area contributed by atoms with Crippen molar-refractivity contribution in [2.75, 3.05) is 13.1 Å². The summed E-state index contributed by atoms with van der Waals surface area (Å²) in [6.45, 7) is 2.27. The van der Waals surface area contributed by atoms with Gasteiger partial charge in [-0.05, 0) is 54.4 Å². The first-order chi connectivity index (χ1) is 13.9. The average Bonchev–Trinajstić information content (AvgIpc) is 2.95. The summed E-state index contributed by atoms with van der Waals surface area (Å²) in [5.74, 6) is -0.896. The van der Waals surface area contributed by atoms with Crippen molar-refractivity contribution in [3.05, 3.63) is 75.9 Å². The lowest BCUT2D eigenvalue weighted by Crippen LogP contribution is -2.37. The van der Waals surface area contributed by atoms with Gasteiger partial charge in [-0.1, -0.05) is 42.0 Å². The van der Waals surface area contributed by atoms with Crippen molar-refractivity contribution >= 4 is 34.9 Å². The molecular formula is C22H21FN2O3S. The SMILES string of the molecule is Cc1ccc(/C=C2\SC(=O)N(CCNC(=O)CCc3cccc(F)c3)C2=O)cc1. The highest BCUT2D eigenvalue weighted by Crippen LogP contribution is 2.31. The third-order valence-electron chi connectivity index (χ3n) is 4.44. The fourth-order valence-electron chi connectivity index (χ4n) is 2.85. The molecule has 2 aromatic carbocycles. The molecule has 1 N–H and O–H groups in total. The lowest BCUT2D eigenvalue weighted by Gasteiger charge is -2.13. The maximum Gasteiger partial charge on any atom is 0.293 e. The fourth-order valence-corrected chi connectivity index (χ4v) is 3.72. The molecule has 7 heteroatoms. The highest BCUT2D eigenvalue weighted by molar-refractivity contribution is 8.18. The molecule has 1 saturated heterocycles. The smallest absolute Gasteiger partial charge is 0.293 e. The lowest BCUT2D eigenvalue weighted by molar-refractivity contribution is -0.124. The molecule has 29 heavy (non-hydrogen) atoms. The first-order valence-electron chi connectivity index (χ1n) is 9.25. The molecule has 3 rings (SSSR count). The maximum atomic E-state index is 13.2. The second-order valence-corrected chi connectivity index (χ2v) is 7.72. The minimum Gasteiger partial charge on any atom is -0.354 e. The number of thioether (sulfide) groups is 1. The van der Waals surface area contributed by atoms with Gasteiger partial charge in [0.2, 0.25) is 5.91 Å². The minimum atomic E-state index is -0.352. The largest absolute Gasteiger partial charge is 0.354 e. The molecule has 1 aliphatic rings. The van der Waals surface area contributed by atoms with Crippen molar-refractivity contribution in [3.63, 3.8) is 0 Å². The van der Waals surface area contributed by atoms with Crippen molar-refractivity contribution in [1.29, 1.82) is 0 Å². The zero-order chi connectivity index (χ0) is 20.8. The van der Waals surface area contributed by atoms with Gasteiger partial charge in [-0.2, -0.15) is 0 Å². The van der Waals surface area contributed by atoms with E-state index in [0.29, 0.717) is 11.3 Å². The minimum absolute atomic E-state index is 0.113. The predicted molar refractivity (Wildman–Crippen MR) is 112 cm³/mol. The summed E-state index contributed by atoms with van der Waals surface area (Å²) in [5.41, 5.74) is 2.71. The van der Waals surface area contributed by atoms with Gasteiger partial charge in [0.15, 0.2) is 0 Å². The molecule has 5 nitrogen and oxygen atoms in total. The number of hydrogen-bond donors (Lipinski definition) is 1. The van der Waals surface area contributed by atoms with Crippen LogP contribution < -0.4 is 5.32 Å². The number of nitrogens with zero attached hydrogens (tertiary/aromatic N) is 1. The zero-order valence-corrected chi connectivity index (χ0v) is 16.8. The van der Waals surface area contributed by atoms with Gasteiger partial charge in [0.05, 0.1) is 4.91 Å². The van der Waals surface area contributed by atoms with Crippen LogP contribution in [0.1, 0.15) is 23.1 Å². The predicted octanol–water partition coefficient (Wildman–Crippen LogP) is 3.92. The third kappa shape index (κ3) is 5.77. The van der Waals surface area contributed by atoms with Crippen molar-refractivity contribution < 1.29 is 18.8 Å². The Balaban J connectivity index is 1.47. The lowest BCUT2D eigenvalue weighted by atomic mass is 10.1. The molecule has 0 unspecified atom stereocenters. The fraction of sp³-hybridized carbons (Fsp3) is 0.227. The van der Waals surface area contributed by atoms with Crippen LogP contribution in [0, 0.1) is 12.7 Å². The van der Waals surface area contributed by atoms with E-state index in [-0.39, 0.29) is 42.4 Å². The van der Waals surface area contributed by atoms with E-state index in [1.807, 2.05) is 31.2 Å². The van der Waals surface area contributed by atoms with Crippen LogP contribution in [0.3, 0.4) is 0 Å². The number of nitrogens with one attached hydrogen (secondary N) is 1. The van der Waals surface area contributed by atoms with E-state index in [2.05, 4.69) is 5.32 Å². The first-order valence-corrected chi connectivity index (χ1v) is 10.1. The van der Waals surface area contributed by atoms with E-state index in [1.165, 1.54) is 12.1 Å². The Morgan fingerprint density at radius 3 is 2.66 bits per heavy atom. The van der Waals surface area contributed by atoms with Gasteiger partial charge in [0.1, 0.15) is 5.82 Å². The van der Waals surface area contributed by atoms with Gasteiger partial charge in [0.25, 0.3) is 11.1 Å². The number of hydrogen-bond acceptors (Lipinski definition) is 4. The number of aryl methyl sites for hydroxylation is 2. The van der Waals surface area contributed by atoms with Gasteiger partial charge >= 0.3 is 0 Å². The molecule has 3 amide bonds. The summed E-state index contributed by atoms with van der Waals surface area (Å²) >= 11 is 0.899. The third-order valence-corrected chi connectivity index (χ3v) is 5.34. The number of halogens is 1. The van der Waals surface area contributed by atoms with E-state index in [9.17, 15) is 18.8 Å². The van der Waals surface area contributed by atoms with Crippen LogP contribution >= 0.6 is 11.8 Å². The van der Waals surface area contributed by atoms with Crippen molar-refractivity contribution in [2.45, 2.75) is 19.8 Å². The van der Waals surface area contributed by atoms with Crippen LogP contribution in [-0.4, -0.2) is 35.0 Å². The molecule has 0 saturated carbocycles. The second kappa shape index (κ2) is 9.52. The van der Waals surface area contributed by atoms with E-state index in [4.69, 9.17) is 0 Å². The summed E-state index contributed by atoms with van der Waals surface area (Å²) < 4.78 is 13.2. The molecule has 150 valence electrons. The Morgan fingerprint density at radius 1 is 1.17 bits per heavy atom. The van der Waals surface area contributed by atoms with Crippen molar-refractivity contribution in [2.24, 2.45) is 0 Å². The highest BCUT2D eigenvalue weighted by Gasteiger charge is 2.34. The molecule has 0 spiro atoms. The number of benzene rings is 2. The van der Waals surface area contributed by atoms with Crippen LogP contribution in [-0.2, 0) is 16.0 Å². The summed E-state index contributed by atoms with van der Waals surface area (Å²) in [6.07, 6.45) is 2.32. The molecule has 1 fully saturated rings. The monoisotopic (exact) mass is 412 g/mol. The normalized spacial score (nSPS) is 15.2. The van der Waals surface area contributed by atoms with Gasteiger partial charge in [0, 0.05) is 19.5 Å². The van der Waals surface area contributed by atoms with Gasteiger partial charge in [-0.25, -0.2) is 4.39 Å². The molecule has 1 aliphatic heterocycles. The van der Waals surface area contributed by atoms with Crippen LogP contribution in [0.2, 0.25) is 0 Å².